The summed E-state index contributed by atoms with van der Waals surface area (Å²) in [6.45, 7) is 0. The zero-order valence-electron chi connectivity index (χ0n) is 12.3. The molecule has 0 spiro atoms. The molecule has 0 aliphatic rings. The fourth-order valence-corrected chi connectivity index (χ4v) is 1.70. The second-order valence-corrected chi connectivity index (χ2v) is 4.54. The largest absolute Gasteiger partial charge is 0.329 e. The van der Waals surface area contributed by atoms with E-state index in [0.29, 0.717) is 22.5 Å². The van der Waals surface area contributed by atoms with Crippen LogP contribution in [0.4, 0.5) is 11.4 Å². The van der Waals surface area contributed by atoms with Crippen LogP contribution >= 0.6 is 0 Å². The number of carbonyl (C=O) groups excluding carboxylic acids is 2. The number of benzene rings is 2. The summed E-state index contributed by atoms with van der Waals surface area (Å²) in [7, 11) is 0. The van der Waals surface area contributed by atoms with Gasteiger partial charge in [0.05, 0.1) is 34.6 Å². The first-order chi connectivity index (χ1) is 11.6. The molecule has 8 nitrogen and oxygen atoms in total. The van der Waals surface area contributed by atoms with Crippen molar-refractivity contribution in [2.75, 3.05) is 10.9 Å². The Labute approximate surface area is 137 Å². The van der Waals surface area contributed by atoms with E-state index in [9.17, 15) is 9.59 Å². The van der Waals surface area contributed by atoms with E-state index in [1.807, 2.05) is 12.1 Å². The predicted molar refractivity (Wildman–Crippen MR) is 85.8 cm³/mol. The van der Waals surface area contributed by atoms with Crippen molar-refractivity contribution in [2.24, 2.45) is 0 Å². The highest BCUT2D eigenvalue weighted by molar-refractivity contribution is 6.35. The van der Waals surface area contributed by atoms with E-state index in [1.54, 1.807) is 36.4 Å². The van der Waals surface area contributed by atoms with Gasteiger partial charge in [0.15, 0.2) is 0 Å². The normalized spacial score (nSPS) is 9.08. The molecular weight excluding hydrogens is 308 g/mol. The van der Waals surface area contributed by atoms with Crippen LogP contribution in [0.5, 0.6) is 0 Å². The molecule has 2 aromatic rings. The number of nitrogens with one attached hydrogen (secondary N) is 4. The average Bonchev–Trinajstić information content (AvgIpc) is 2.64. The molecule has 0 aromatic heterocycles. The van der Waals surface area contributed by atoms with Crippen molar-refractivity contribution in [3.63, 3.8) is 0 Å². The number of nitrogens with zero attached hydrogens (tertiary/aromatic N) is 2. The van der Waals surface area contributed by atoms with Crippen LogP contribution < -0.4 is 21.7 Å². The Kier molecular flexibility index (Phi) is 5.32. The van der Waals surface area contributed by atoms with Gasteiger partial charge in [-0.25, -0.2) is 0 Å². The molecule has 0 saturated heterocycles. The number of amides is 2. The van der Waals surface area contributed by atoms with Gasteiger partial charge < -0.3 is 0 Å². The van der Waals surface area contributed by atoms with Crippen LogP contribution in [0.3, 0.4) is 0 Å². The number of rotatable bonds is 4. The van der Waals surface area contributed by atoms with Gasteiger partial charge >= 0.3 is 11.8 Å². The first kappa shape index (κ1) is 16.3. The third-order valence-corrected chi connectivity index (χ3v) is 2.83. The van der Waals surface area contributed by atoms with Gasteiger partial charge in [-0.3, -0.25) is 31.3 Å². The van der Waals surface area contributed by atoms with Gasteiger partial charge in [-0.05, 0) is 36.4 Å². The van der Waals surface area contributed by atoms with Crippen LogP contribution in [0.1, 0.15) is 11.1 Å². The highest BCUT2D eigenvalue weighted by Crippen LogP contribution is 2.09. The number of hydrazine groups is 2. The summed E-state index contributed by atoms with van der Waals surface area (Å²) in [6.07, 6.45) is 0. The lowest BCUT2D eigenvalue weighted by molar-refractivity contribution is -0.138. The molecule has 0 bridgehead atoms. The minimum Gasteiger partial charge on any atom is -0.298 e. The van der Waals surface area contributed by atoms with E-state index in [0.717, 1.165) is 0 Å². The number of hydrogen-bond acceptors (Lipinski definition) is 6. The Morgan fingerprint density at radius 1 is 0.750 bits per heavy atom. The first-order valence-electron chi connectivity index (χ1n) is 6.75. The Bertz CT molecular complexity index is 779. The molecule has 118 valence electrons. The zero-order valence-corrected chi connectivity index (χ0v) is 12.3. The van der Waals surface area contributed by atoms with Crippen molar-refractivity contribution < 1.29 is 9.59 Å². The molecule has 0 aliphatic heterocycles. The van der Waals surface area contributed by atoms with E-state index in [2.05, 4.69) is 21.7 Å². The van der Waals surface area contributed by atoms with Gasteiger partial charge in [0, 0.05) is 0 Å². The van der Waals surface area contributed by atoms with E-state index >= 15 is 0 Å². The Balaban J connectivity index is 1.85. The molecule has 0 heterocycles. The maximum atomic E-state index is 11.7. The summed E-state index contributed by atoms with van der Waals surface area (Å²) in [5, 5.41) is 17.6. The number of nitriles is 2. The quantitative estimate of drug-likeness (QED) is 0.491. The first-order valence-corrected chi connectivity index (χ1v) is 6.75. The second kappa shape index (κ2) is 7.82. The fourth-order valence-electron chi connectivity index (χ4n) is 1.70. The van der Waals surface area contributed by atoms with E-state index in [1.165, 1.54) is 12.1 Å². The van der Waals surface area contributed by atoms with Crippen LogP contribution in [0.15, 0.2) is 48.5 Å². The second-order valence-electron chi connectivity index (χ2n) is 4.54. The SMILES string of the molecule is N#Cc1cccc(NNC(=O)C(=O)NNc2cccc(C#N)c2)c1. The molecule has 0 aliphatic carbocycles. The molecule has 24 heavy (non-hydrogen) atoms. The van der Waals surface area contributed by atoms with Crippen LogP contribution in [0.25, 0.3) is 0 Å². The van der Waals surface area contributed by atoms with Crippen LogP contribution in [0, 0.1) is 22.7 Å². The molecule has 0 radical (unpaired) electrons. The fraction of sp³-hybridized carbons (Fsp3) is 0. The Morgan fingerprint density at radius 3 is 1.54 bits per heavy atom. The summed E-state index contributed by atoms with van der Waals surface area (Å²) < 4.78 is 0. The maximum absolute atomic E-state index is 11.7. The van der Waals surface area contributed by atoms with Crippen LogP contribution in [-0.2, 0) is 9.59 Å². The van der Waals surface area contributed by atoms with Gasteiger partial charge in [0.25, 0.3) is 0 Å². The number of hydrogen-bond donors (Lipinski definition) is 4. The van der Waals surface area contributed by atoms with Crippen LogP contribution in [0.2, 0.25) is 0 Å². The number of anilines is 2. The smallest absolute Gasteiger partial charge is 0.298 e. The summed E-state index contributed by atoms with van der Waals surface area (Å²) in [5.74, 6) is -1.86. The van der Waals surface area contributed by atoms with Crippen molar-refractivity contribution in [3.8, 4) is 12.1 Å². The van der Waals surface area contributed by atoms with E-state index in [4.69, 9.17) is 10.5 Å². The highest BCUT2D eigenvalue weighted by Gasteiger charge is 2.12. The lowest BCUT2D eigenvalue weighted by Gasteiger charge is -2.10. The molecule has 2 rings (SSSR count). The average molecular weight is 320 g/mol. The Hall–Kier alpha value is -4.04. The molecule has 0 saturated carbocycles. The van der Waals surface area contributed by atoms with E-state index < -0.39 is 11.8 Å². The lowest BCUT2D eigenvalue weighted by Crippen LogP contribution is -2.44. The zero-order chi connectivity index (χ0) is 17.4. The topological polar surface area (TPSA) is 130 Å². The lowest BCUT2D eigenvalue weighted by atomic mass is 10.2. The molecule has 2 aromatic carbocycles. The molecule has 4 N–H and O–H groups in total. The third-order valence-electron chi connectivity index (χ3n) is 2.83. The van der Waals surface area contributed by atoms with Crippen LogP contribution in [-0.4, -0.2) is 11.8 Å². The summed E-state index contributed by atoms with van der Waals surface area (Å²) in [5.41, 5.74) is 11.2. The third kappa shape index (κ3) is 4.48. The minimum atomic E-state index is -0.929. The molecule has 0 unspecified atom stereocenters. The van der Waals surface area contributed by atoms with Crippen molar-refractivity contribution in [1.82, 2.24) is 10.9 Å². The van der Waals surface area contributed by atoms with Crippen molar-refractivity contribution >= 4 is 23.2 Å². The van der Waals surface area contributed by atoms with Gasteiger partial charge in [0.2, 0.25) is 0 Å². The monoisotopic (exact) mass is 320 g/mol. The summed E-state index contributed by atoms with van der Waals surface area (Å²) in [6, 6.07) is 16.7. The van der Waals surface area contributed by atoms with Crippen molar-refractivity contribution in [3.05, 3.63) is 59.7 Å². The van der Waals surface area contributed by atoms with Gasteiger partial charge in [-0.15, -0.1) is 0 Å². The van der Waals surface area contributed by atoms with Crippen molar-refractivity contribution in [2.45, 2.75) is 0 Å². The minimum absolute atomic E-state index is 0.415. The Morgan fingerprint density at radius 2 is 1.17 bits per heavy atom. The van der Waals surface area contributed by atoms with E-state index in [-0.39, 0.29) is 0 Å². The van der Waals surface area contributed by atoms with Crippen molar-refractivity contribution in [1.29, 1.82) is 10.5 Å². The summed E-state index contributed by atoms with van der Waals surface area (Å²) >= 11 is 0. The van der Waals surface area contributed by atoms with Gasteiger partial charge in [-0.2, -0.15) is 10.5 Å². The molecular formula is C16H12N6O2. The van der Waals surface area contributed by atoms with Gasteiger partial charge in [-0.1, -0.05) is 12.1 Å². The molecule has 0 atom stereocenters. The molecule has 0 fully saturated rings. The standard InChI is InChI=1S/C16H12N6O2/c17-9-11-3-1-5-13(7-11)19-21-15(23)16(24)22-20-14-6-2-4-12(8-14)10-18/h1-8,19-20H,(H,21,23)(H,22,24). The molecule has 2 amide bonds. The maximum Gasteiger partial charge on any atom is 0.329 e. The highest BCUT2D eigenvalue weighted by atomic mass is 16.2. The number of carbonyl (C=O) groups is 2. The summed E-state index contributed by atoms with van der Waals surface area (Å²) in [4.78, 5) is 23.3. The van der Waals surface area contributed by atoms with Gasteiger partial charge in [0.1, 0.15) is 0 Å². The predicted octanol–water partition coefficient (Wildman–Crippen LogP) is 1.02. The molecule has 8 heteroatoms.